The molecule has 68 valence electrons. The van der Waals surface area contributed by atoms with Crippen LogP contribution < -0.4 is 0 Å². The van der Waals surface area contributed by atoms with Crippen molar-refractivity contribution in [2.75, 3.05) is 0 Å². The van der Waals surface area contributed by atoms with E-state index in [1.165, 1.54) is 0 Å². The summed E-state index contributed by atoms with van der Waals surface area (Å²) in [6, 6.07) is 0. The summed E-state index contributed by atoms with van der Waals surface area (Å²) in [6.45, 7) is 3.91. The molecule has 0 aromatic carbocycles. The molecule has 0 spiro atoms. The molecule has 0 aliphatic heterocycles. The first-order valence-electron chi connectivity index (χ1n) is 3.97. The van der Waals surface area contributed by atoms with Crippen LogP contribution in [0.2, 0.25) is 0 Å². The van der Waals surface area contributed by atoms with Crippen molar-refractivity contribution in [1.29, 1.82) is 0 Å². The Hall–Kier alpha value is -0.0100. The minimum absolute atomic E-state index is 0.103. The van der Waals surface area contributed by atoms with Gasteiger partial charge in [0.1, 0.15) is 5.83 Å². The van der Waals surface area contributed by atoms with Crippen molar-refractivity contribution in [2.24, 2.45) is 5.92 Å². The van der Waals surface area contributed by atoms with Gasteiger partial charge in [-0.2, -0.15) is 0 Å². The van der Waals surface area contributed by atoms with Gasteiger partial charge in [-0.1, -0.05) is 37.0 Å². The summed E-state index contributed by atoms with van der Waals surface area (Å²) >= 11 is 11.4. The van der Waals surface area contributed by atoms with Crippen LogP contribution in [0.25, 0.3) is 0 Å². The predicted molar refractivity (Wildman–Crippen MR) is 50.9 cm³/mol. The van der Waals surface area contributed by atoms with Gasteiger partial charge in [-0.3, -0.25) is 0 Å². The second-order valence-corrected chi connectivity index (χ2v) is 4.05. The molecule has 0 saturated heterocycles. The fraction of sp³-hybridized carbons (Fsp3) is 0.556. The van der Waals surface area contributed by atoms with Crippen LogP contribution in [0.3, 0.4) is 0 Å². The highest BCUT2D eigenvalue weighted by atomic mass is 35.5. The van der Waals surface area contributed by atoms with E-state index in [9.17, 15) is 4.39 Å². The lowest BCUT2D eigenvalue weighted by Crippen LogP contribution is -2.03. The molecule has 0 amide bonds. The molecule has 0 bridgehead atoms. The van der Waals surface area contributed by atoms with Crippen molar-refractivity contribution >= 4 is 23.2 Å². The van der Waals surface area contributed by atoms with Crippen molar-refractivity contribution in [3.8, 4) is 0 Å². The maximum Gasteiger partial charge on any atom is 0.142 e. The molecule has 0 aromatic heterocycles. The Labute approximate surface area is 82.0 Å². The lowest BCUT2D eigenvalue weighted by atomic mass is 9.94. The van der Waals surface area contributed by atoms with Crippen molar-refractivity contribution in [1.82, 2.24) is 0 Å². The van der Waals surface area contributed by atoms with Gasteiger partial charge >= 0.3 is 0 Å². The molecule has 0 fully saturated rings. The molecule has 1 aliphatic rings. The molecule has 0 saturated carbocycles. The molecule has 0 heterocycles. The first-order valence-corrected chi connectivity index (χ1v) is 4.72. The van der Waals surface area contributed by atoms with Crippen molar-refractivity contribution < 1.29 is 4.39 Å². The lowest BCUT2D eigenvalue weighted by Gasteiger charge is -2.18. The molecule has 0 unspecified atom stereocenters. The monoisotopic (exact) mass is 208 g/mol. The Morgan fingerprint density at radius 3 is 2.33 bits per heavy atom. The maximum absolute atomic E-state index is 13.3. The smallest absolute Gasteiger partial charge is 0.142 e. The Kier molecular flexibility index (Phi) is 3.19. The molecule has 0 nitrogen and oxygen atoms in total. The number of hydrogen-bond donors (Lipinski definition) is 0. The van der Waals surface area contributed by atoms with Gasteiger partial charge < -0.3 is 0 Å². The van der Waals surface area contributed by atoms with Gasteiger partial charge in [-0.15, -0.1) is 0 Å². The molecule has 1 rings (SSSR count). The lowest BCUT2D eigenvalue weighted by molar-refractivity contribution is 0.582. The molecule has 0 radical (unpaired) electrons. The number of allylic oxidation sites excluding steroid dienone is 4. The van der Waals surface area contributed by atoms with Crippen molar-refractivity contribution in [3.05, 3.63) is 21.5 Å². The van der Waals surface area contributed by atoms with E-state index < -0.39 is 0 Å². The van der Waals surface area contributed by atoms with E-state index in [1.807, 2.05) is 13.8 Å². The average Bonchev–Trinajstić information content (AvgIpc) is 2.00. The summed E-state index contributed by atoms with van der Waals surface area (Å²) in [6.07, 6.45) is 1.36. The zero-order valence-electron chi connectivity index (χ0n) is 7.13. The van der Waals surface area contributed by atoms with Gasteiger partial charge in [-0.05, 0) is 24.3 Å². The first kappa shape index (κ1) is 10.1. The second-order valence-electron chi connectivity index (χ2n) is 3.21. The van der Waals surface area contributed by atoms with Crippen LogP contribution >= 0.6 is 23.2 Å². The maximum atomic E-state index is 13.3. The number of halogens is 3. The van der Waals surface area contributed by atoms with Gasteiger partial charge in [0.25, 0.3) is 0 Å². The van der Waals surface area contributed by atoms with E-state index in [2.05, 4.69) is 0 Å². The Morgan fingerprint density at radius 2 is 1.83 bits per heavy atom. The van der Waals surface area contributed by atoms with Gasteiger partial charge in [0.2, 0.25) is 0 Å². The topological polar surface area (TPSA) is 0 Å². The van der Waals surface area contributed by atoms with Gasteiger partial charge in [0.05, 0.1) is 5.03 Å². The van der Waals surface area contributed by atoms with Crippen molar-refractivity contribution in [3.63, 3.8) is 0 Å². The Bertz CT molecular complexity index is 251. The van der Waals surface area contributed by atoms with E-state index in [4.69, 9.17) is 23.2 Å². The predicted octanol–water partition coefficient (Wildman–Crippen LogP) is 4.35. The highest BCUT2D eigenvalue weighted by Gasteiger charge is 2.21. The Morgan fingerprint density at radius 1 is 1.25 bits per heavy atom. The summed E-state index contributed by atoms with van der Waals surface area (Å²) in [5.41, 5.74) is 0.782. The minimum atomic E-state index is -0.317. The molecular formula is C9H11Cl2F. The molecule has 0 atom stereocenters. The zero-order valence-corrected chi connectivity index (χ0v) is 8.64. The largest absolute Gasteiger partial charge is 0.205 e. The summed E-state index contributed by atoms with van der Waals surface area (Å²) in [7, 11) is 0. The molecule has 12 heavy (non-hydrogen) atoms. The van der Waals surface area contributed by atoms with Crippen LogP contribution in [0.1, 0.15) is 26.7 Å². The third-order valence-electron chi connectivity index (χ3n) is 2.02. The third-order valence-corrected chi connectivity index (χ3v) is 2.89. The molecule has 1 aliphatic carbocycles. The van der Waals surface area contributed by atoms with Crippen LogP contribution in [0.15, 0.2) is 21.5 Å². The standard InChI is InChI=1S/C9H11Cl2F/c1-5(2)6-3-4-7(10)8(11)9(6)12/h5H,3-4H2,1-2H3. The van der Waals surface area contributed by atoms with E-state index in [1.54, 1.807) is 0 Å². The van der Waals surface area contributed by atoms with Gasteiger partial charge in [0.15, 0.2) is 0 Å². The van der Waals surface area contributed by atoms with Crippen LogP contribution in [0, 0.1) is 5.92 Å². The van der Waals surface area contributed by atoms with Gasteiger partial charge in [-0.25, -0.2) is 4.39 Å². The average molecular weight is 209 g/mol. The van der Waals surface area contributed by atoms with Gasteiger partial charge in [0, 0.05) is 5.03 Å². The van der Waals surface area contributed by atoms with E-state index >= 15 is 0 Å². The molecule has 0 aromatic rings. The fourth-order valence-electron chi connectivity index (χ4n) is 1.27. The highest BCUT2D eigenvalue weighted by Crippen LogP contribution is 2.38. The first-order chi connectivity index (χ1) is 5.54. The van der Waals surface area contributed by atoms with Crippen molar-refractivity contribution in [2.45, 2.75) is 26.7 Å². The fourth-order valence-corrected chi connectivity index (χ4v) is 1.66. The quantitative estimate of drug-likeness (QED) is 0.602. The molecular weight excluding hydrogens is 198 g/mol. The van der Waals surface area contributed by atoms with E-state index in [-0.39, 0.29) is 16.8 Å². The summed E-state index contributed by atoms with van der Waals surface area (Å²) < 4.78 is 13.3. The van der Waals surface area contributed by atoms with Crippen LogP contribution in [0.4, 0.5) is 4.39 Å². The second kappa shape index (κ2) is 3.80. The SMILES string of the molecule is CC(C)C1=C(F)C(Cl)=C(Cl)CC1. The minimum Gasteiger partial charge on any atom is -0.205 e. The number of hydrogen-bond acceptors (Lipinski definition) is 0. The van der Waals surface area contributed by atoms with E-state index in [0.29, 0.717) is 17.9 Å². The molecule has 0 N–H and O–H groups in total. The summed E-state index contributed by atoms with van der Waals surface area (Å²) in [5.74, 6) is -0.105. The van der Waals surface area contributed by atoms with E-state index in [0.717, 1.165) is 5.57 Å². The van der Waals surface area contributed by atoms with Crippen LogP contribution in [-0.4, -0.2) is 0 Å². The summed E-state index contributed by atoms with van der Waals surface area (Å²) in [4.78, 5) is 0. The van der Waals surface area contributed by atoms with Crippen LogP contribution in [-0.2, 0) is 0 Å². The number of rotatable bonds is 1. The van der Waals surface area contributed by atoms with Crippen LogP contribution in [0.5, 0.6) is 0 Å². The summed E-state index contributed by atoms with van der Waals surface area (Å²) in [5, 5.41) is 0.546. The zero-order chi connectivity index (χ0) is 9.30. The third kappa shape index (κ3) is 1.83. The normalized spacial score (nSPS) is 19.5. The highest BCUT2D eigenvalue weighted by molar-refractivity contribution is 6.40. The Balaban J connectivity index is 3.03. The molecule has 3 heteroatoms.